The van der Waals surface area contributed by atoms with Crippen LogP contribution in [-0.4, -0.2) is 22.0 Å². The maximum absolute atomic E-state index is 14.5. The highest BCUT2D eigenvalue weighted by Gasteiger charge is 2.26. The Morgan fingerprint density at radius 2 is 1.67 bits per heavy atom. The number of amides is 1. The molecule has 4 rings (SSSR count). The minimum atomic E-state index is -2.85. The number of carboxylic acids is 1. The summed E-state index contributed by atoms with van der Waals surface area (Å²) in [7, 11) is 0. The second-order valence-electron chi connectivity index (χ2n) is 8.56. The summed E-state index contributed by atoms with van der Waals surface area (Å²) in [4.78, 5) is 40.4. The number of halogens is 5. The van der Waals surface area contributed by atoms with Crippen LogP contribution in [0.25, 0.3) is 11.3 Å². The van der Waals surface area contributed by atoms with E-state index in [4.69, 9.17) is 16.7 Å². The van der Waals surface area contributed by atoms with Gasteiger partial charge in [0.2, 0.25) is 5.91 Å². The molecule has 1 unspecified atom stereocenters. The number of carbonyl (C=O) groups excluding carboxylic acids is 1. The van der Waals surface area contributed by atoms with E-state index in [-0.39, 0.29) is 50.6 Å². The molecule has 0 bridgehead atoms. The second-order valence-corrected chi connectivity index (χ2v) is 9.00. The molecule has 3 aromatic carbocycles. The van der Waals surface area contributed by atoms with Gasteiger partial charge in [0.1, 0.15) is 11.6 Å². The van der Waals surface area contributed by atoms with E-state index in [2.05, 4.69) is 10.3 Å². The van der Waals surface area contributed by atoms with Crippen LogP contribution in [0.4, 0.5) is 23.2 Å². The zero-order valence-corrected chi connectivity index (χ0v) is 20.6. The molecule has 1 amide bonds. The molecule has 6 nitrogen and oxygen atoms in total. The first-order valence-corrected chi connectivity index (χ1v) is 11.8. The maximum atomic E-state index is 14.5. The number of benzene rings is 3. The van der Waals surface area contributed by atoms with Crippen molar-refractivity contribution in [3.05, 3.63) is 122 Å². The summed E-state index contributed by atoms with van der Waals surface area (Å²) >= 11 is 5.97. The molecule has 11 heteroatoms. The Kier molecular flexibility index (Phi) is 8.15. The number of nitrogens with one attached hydrogen (secondary N) is 2. The molecule has 0 aliphatic rings. The van der Waals surface area contributed by atoms with Gasteiger partial charge in [-0.15, -0.1) is 0 Å². The predicted octanol–water partition coefficient (Wildman–Crippen LogP) is 6.57. The summed E-state index contributed by atoms with van der Waals surface area (Å²) < 4.78 is 55.1. The van der Waals surface area contributed by atoms with Gasteiger partial charge in [0.05, 0.1) is 11.5 Å². The van der Waals surface area contributed by atoms with Gasteiger partial charge in [-0.1, -0.05) is 23.7 Å². The van der Waals surface area contributed by atoms with Crippen molar-refractivity contribution in [1.82, 2.24) is 4.98 Å². The molecule has 0 fully saturated rings. The van der Waals surface area contributed by atoms with E-state index in [9.17, 15) is 31.9 Å². The van der Waals surface area contributed by atoms with Crippen molar-refractivity contribution < 1.29 is 32.3 Å². The molecule has 3 N–H and O–H groups in total. The van der Waals surface area contributed by atoms with Gasteiger partial charge in [0.15, 0.2) is 5.43 Å². The zero-order chi connectivity index (χ0) is 28.3. The van der Waals surface area contributed by atoms with Gasteiger partial charge >= 0.3 is 5.97 Å². The lowest BCUT2D eigenvalue weighted by atomic mass is 9.90. The van der Waals surface area contributed by atoms with Crippen molar-refractivity contribution in [3.63, 3.8) is 0 Å². The summed E-state index contributed by atoms with van der Waals surface area (Å²) in [6.07, 6.45) is -2.02. The van der Waals surface area contributed by atoms with E-state index in [1.807, 2.05) is 0 Å². The van der Waals surface area contributed by atoms with Gasteiger partial charge in [-0.05, 0) is 54.4 Å². The fourth-order valence-electron chi connectivity index (χ4n) is 4.04. The third kappa shape index (κ3) is 6.35. The van der Waals surface area contributed by atoms with E-state index in [0.717, 1.165) is 24.3 Å². The van der Waals surface area contributed by atoms with Gasteiger partial charge in [0, 0.05) is 51.4 Å². The Balaban J connectivity index is 1.73. The molecule has 1 heterocycles. The number of carboxylic acid groups (broad SMARTS) is 1. The van der Waals surface area contributed by atoms with Crippen LogP contribution < -0.4 is 10.7 Å². The van der Waals surface area contributed by atoms with Crippen LogP contribution in [0.2, 0.25) is 5.02 Å². The number of H-pyrrole nitrogens is 1. The fraction of sp³-hybridized carbons (Fsp3) is 0.107. The normalized spacial score (nSPS) is 11.8. The van der Waals surface area contributed by atoms with Crippen molar-refractivity contribution in [1.29, 1.82) is 0 Å². The SMILES string of the molecule is O=C(O)c1ccc(NC(=O)C(Cc2ccc(F)cc2F)c2c[nH]c(-c3cc(Cl)ccc3C(F)F)cc2=O)cc1. The first-order chi connectivity index (χ1) is 18.5. The molecule has 1 atom stereocenters. The number of hydrogen-bond donors (Lipinski definition) is 3. The van der Waals surface area contributed by atoms with Crippen LogP contribution in [0.3, 0.4) is 0 Å². The molecule has 0 radical (unpaired) electrons. The van der Waals surface area contributed by atoms with Crippen LogP contribution in [0.15, 0.2) is 77.7 Å². The van der Waals surface area contributed by atoms with Gasteiger partial charge in [-0.2, -0.15) is 0 Å². The van der Waals surface area contributed by atoms with Gasteiger partial charge < -0.3 is 15.4 Å². The van der Waals surface area contributed by atoms with Crippen molar-refractivity contribution in [2.45, 2.75) is 18.8 Å². The first-order valence-electron chi connectivity index (χ1n) is 11.4. The number of aromatic carboxylic acids is 1. The molecule has 0 aliphatic carbocycles. The molecule has 4 aromatic rings. The topological polar surface area (TPSA) is 99.3 Å². The van der Waals surface area contributed by atoms with Crippen LogP contribution in [0.1, 0.15) is 39.4 Å². The van der Waals surface area contributed by atoms with Crippen molar-refractivity contribution in [3.8, 4) is 11.3 Å². The highest BCUT2D eigenvalue weighted by Crippen LogP contribution is 2.32. The molecule has 0 saturated carbocycles. The van der Waals surface area contributed by atoms with Gasteiger partial charge in [-0.3, -0.25) is 9.59 Å². The fourth-order valence-corrected chi connectivity index (χ4v) is 4.21. The second kappa shape index (κ2) is 11.5. The largest absolute Gasteiger partial charge is 0.478 e. The Morgan fingerprint density at radius 1 is 0.949 bits per heavy atom. The third-order valence-electron chi connectivity index (χ3n) is 6.01. The van der Waals surface area contributed by atoms with Crippen LogP contribution >= 0.6 is 11.6 Å². The molecule has 39 heavy (non-hydrogen) atoms. The molecular weight excluding hydrogens is 540 g/mol. The molecule has 0 saturated heterocycles. The number of anilines is 1. The predicted molar refractivity (Wildman–Crippen MR) is 137 cm³/mol. The third-order valence-corrected chi connectivity index (χ3v) is 6.25. The van der Waals surface area contributed by atoms with Crippen LogP contribution in [0, 0.1) is 11.6 Å². The number of alkyl halides is 2. The van der Waals surface area contributed by atoms with E-state index < -0.39 is 41.3 Å². The van der Waals surface area contributed by atoms with Crippen LogP contribution in [0.5, 0.6) is 0 Å². The van der Waals surface area contributed by atoms with E-state index in [1.165, 1.54) is 42.6 Å². The Labute approximate surface area is 223 Å². The number of rotatable bonds is 8. The van der Waals surface area contributed by atoms with E-state index >= 15 is 0 Å². The quantitative estimate of drug-likeness (QED) is 0.213. The van der Waals surface area contributed by atoms with E-state index in [0.29, 0.717) is 6.07 Å². The minimum absolute atomic E-state index is 0.00903. The summed E-state index contributed by atoms with van der Waals surface area (Å²) in [5.74, 6) is -4.95. The molecule has 1 aromatic heterocycles. The van der Waals surface area contributed by atoms with Gasteiger partial charge in [-0.25, -0.2) is 22.4 Å². The number of hydrogen-bond acceptors (Lipinski definition) is 3. The Morgan fingerprint density at radius 3 is 2.28 bits per heavy atom. The standard InChI is InChI=1S/C28H19ClF4N2O4/c29-16-4-8-19(26(32)33)20(10-16)24-12-25(36)22(13-34-24)21(9-15-1-5-17(30)11-23(15)31)27(37)35-18-6-2-14(3-7-18)28(38)39/h1-8,10-13,21,26H,9H2,(H,34,36)(H,35,37)(H,38,39). The number of carbonyl (C=O) groups is 2. The monoisotopic (exact) mass is 558 g/mol. The summed E-state index contributed by atoms with van der Waals surface area (Å²) in [6.45, 7) is 0. The van der Waals surface area contributed by atoms with E-state index in [1.54, 1.807) is 0 Å². The van der Waals surface area contributed by atoms with Gasteiger partial charge in [0.25, 0.3) is 6.43 Å². The number of aromatic amines is 1. The first kappa shape index (κ1) is 27.6. The average molecular weight is 559 g/mol. The minimum Gasteiger partial charge on any atom is -0.478 e. The van der Waals surface area contributed by atoms with Crippen molar-refractivity contribution in [2.24, 2.45) is 0 Å². The van der Waals surface area contributed by atoms with Crippen LogP contribution in [-0.2, 0) is 11.2 Å². The molecule has 200 valence electrons. The summed E-state index contributed by atoms with van der Waals surface area (Å²) in [5.41, 5.74) is -1.01. The van der Waals surface area contributed by atoms with Crippen molar-refractivity contribution >= 4 is 29.2 Å². The Bertz CT molecular complexity index is 1610. The lowest BCUT2D eigenvalue weighted by Gasteiger charge is -2.18. The summed E-state index contributed by atoms with van der Waals surface area (Å²) in [5, 5.41) is 11.8. The number of aromatic nitrogens is 1. The lowest BCUT2D eigenvalue weighted by molar-refractivity contribution is -0.117. The van der Waals surface area contributed by atoms with Crippen molar-refractivity contribution in [2.75, 3.05) is 5.32 Å². The Hall–Kier alpha value is -4.44. The smallest absolute Gasteiger partial charge is 0.335 e. The number of pyridine rings is 1. The highest BCUT2D eigenvalue weighted by atomic mass is 35.5. The zero-order valence-electron chi connectivity index (χ0n) is 19.9. The lowest BCUT2D eigenvalue weighted by Crippen LogP contribution is -2.28. The highest BCUT2D eigenvalue weighted by molar-refractivity contribution is 6.30. The maximum Gasteiger partial charge on any atom is 0.335 e. The average Bonchev–Trinajstić information content (AvgIpc) is 2.88. The molecular formula is C28H19ClF4N2O4. The molecule has 0 spiro atoms. The molecule has 0 aliphatic heterocycles. The summed E-state index contributed by atoms with van der Waals surface area (Å²) in [6, 6.07) is 12.8.